The number of nitrogens with zero attached hydrogens (tertiary/aromatic N) is 3. The molecule has 0 aliphatic carbocycles. The number of methoxy groups -OCH3 is 1. The quantitative estimate of drug-likeness (QED) is 0.779. The summed E-state index contributed by atoms with van der Waals surface area (Å²) in [5, 5.41) is 3.39. The van der Waals surface area contributed by atoms with E-state index in [0.717, 1.165) is 13.0 Å². The first-order valence-corrected chi connectivity index (χ1v) is 6.49. The molecule has 3 N–H and O–H groups in total. The number of nitrogen functional groups attached to an aromatic ring is 1. The SMILES string of the molecule is COc1ncnc(NC(CC(C)C)CN(C)C)c1N. The van der Waals surface area contributed by atoms with Gasteiger partial charge in [0, 0.05) is 12.6 Å². The molecule has 0 spiro atoms. The van der Waals surface area contributed by atoms with Crippen molar-refractivity contribution in [3.63, 3.8) is 0 Å². The lowest BCUT2D eigenvalue weighted by molar-refractivity contribution is 0.356. The number of likely N-dealkylation sites (N-methyl/N-ethyl adjacent to an activating group) is 1. The van der Waals surface area contributed by atoms with Crippen LogP contribution >= 0.6 is 0 Å². The number of anilines is 2. The van der Waals surface area contributed by atoms with Gasteiger partial charge < -0.3 is 20.7 Å². The second kappa shape index (κ2) is 7.13. The number of rotatable bonds is 7. The van der Waals surface area contributed by atoms with Crippen molar-refractivity contribution in [3.05, 3.63) is 6.33 Å². The first-order valence-electron chi connectivity index (χ1n) is 6.49. The van der Waals surface area contributed by atoms with E-state index in [2.05, 4.69) is 48.1 Å². The monoisotopic (exact) mass is 267 g/mol. The van der Waals surface area contributed by atoms with E-state index in [1.807, 2.05) is 0 Å². The summed E-state index contributed by atoms with van der Waals surface area (Å²) < 4.78 is 5.10. The Bertz CT molecular complexity index is 385. The van der Waals surface area contributed by atoms with Gasteiger partial charge in [-0.1, -0.05) is 13.8 Å². The molecule has 1 aromatic heterocycles. The minimum absolute atomic E-state index is 0.289. The lowest BCUT2D eigenvalue weighted by atomic mass is 10.0. The molecule has 1 unspecified atom stereocenters. The smallest absolute Gasteiger partial charge is 0.242 e. The molecule has 0 aliphatic heterocycles. The van der Waals surface area contributed by atoms with Gasteiger partial charge in [0.05, 0.1) is 7.11 Å². The summed E-state index contributed by atoms with van der Waals surface area (Å²) in [5.74, 6) is 1.65. The highest BCUT2D eigenvalue weighted by Gasteiger charge is 2.16. The van der Waals surface area contributed by atoms with Crippen LogP contribution in [0.4, 0.5) is 11.5 Å². The third-order valence-corrected chi connectivity index (χ3v) is 2.72. The summed E-state index contributed by atoms with van der Waals surface area (Å²) >= 11 is 0. The van der Waals surface area contributed by atoms with E-state index in [1.54, 1.807) is 7.11 Å². The molecular weight excluding hydrogens is 242 g/mol. The van der Waals surface area contributed by atoms with Crippen LogP contribution in [0.25, 0.3) is 0 Å². The summed E-state index contributed by atoms with van der Waals surface area (Å²) in [7, 11) is 5.66. The first kappa shape index (κ1) is 15.5. The van der Waals surface area contributed by atoms with Crippen molar-refractivity contribution < 1.29 is 4.74 Å². The van der Waals surface area contributed by atoms with E-state index in [1.165, 1.54) is 6.33 Å². The molecular formula is C13H25N5O. The largest absolute Gasteiger partial charge is 0.479 e. The Morgan fingerprint density at radius 1 is 1.37 bits per heavy atom. The normalized spacial score (nSPS) is 12.8. The Morgan fingerprint density at radius 3 is 2.58 bits per heavy atom. The van der Waals surface area contributed by atoms with Gasteiger partial charge >= 0.3 is 0 Å². The van der Waals surface area contributed by atoms with Gasteiger partial charge in [0.15, 0.2) is 5.82 Å². The predicted molar refractivity (Wildman–Crippen MR) is 78.4 cm³/mol. The Balaban J connectivity index is 2.83. The lowest BCUT2D eigenvalue weighted by Crippen LogP contribution is -2.34. The van der Waals surface area contributed by atoms with Crippen molar-refractivity contribution in [2.75, 3.05) is 38.8 Å². The number of hydrogen-bond acceptors (Lipinski definition) is 6. The average molecular weight is 267 g/mol. The predicted octanol–water partition coefficient (Wildman–Crippen LogP) is 1.46. The fourth-order valence-electron chi connectivity index (χ4n) is 2.04. The molecule has 108 valence electrons. The number of aromatic nitrogens is 2. The molecule has 0 saturated carbocycles. The molecule has 0 aliphatic rings. The average Bonchev–Trinajstić information content (AvgIpc) is 2.30. The van der Waals surface area contributed by atoms with Crippen LogP contribution in [0.15, 0.2) is 6.33 Å². The second-order valence-corrected chi connectivity index (χ2v) is 5.38. The molecule has 1 aromatic rings. The van der Waals surface area contributed by atoms with Crippen LogP contribution in [0.3, 0.4) is 0 Å². The van der Waals surface area contributed by atoms with Crippen molar-refractivity contribution >= 4 is 11.5 Å². The van der Waals surface area contributed by atoms with Crippen molar-refractivity contribution in [2.24, 2.45) is 5.92 Å². The molecule has 0 radical (unpaired) electrons. The van der Waals surface area contributed by atoms with E-state index < -0.39 is 0 Å². The Hall–Kier alpha value is -1.56. The molecule has 1 heterocycles. The molecule has 1 rings (SSSR count). The van der Waals surface area contributed by atoms with E-state index >= 15 is 0 Å². The van der Waals surface area contributed by atoms with Gasteiger partial charge in [-0.3, -0.25) is 0 Å². The number of nitrogens with two attached hydrogens (primary N) is 1. The van der Waals surface area contributed by atoms with Gasteiger partial charge in [-0.15, -0.1) is 0 Å². The van der Waals surface area contributed by atoms with E-state index in [9.17, 15) is 0 Å². The van der Waals surface area contributed by atoms with E-state index in [4.69, 9.17) is 10.5 Å². The molecule has 0 saturated heterocycles. The van der Waals surface area contributed by atoms with Gasteiger partial charge in [-0.05, 0) is 26.4 Å². The second-order valence-electron chi connectivity index (χ2n) is 5.38. The highest BCUT2D eigenvalue weighted by atomic mass is 16.5. The van der Waals surface area contributed by atoms with Crippen LogP contribution in [-0.2, 0) is 0 Å². The summed E-state index contributed by atoms with van der Waals surface area (Å²) in [5.41, 5.74) is 6.43. The maximum Gasteiger partial charge on any atom is 0.242 e. The molecule has 19 heavy (non-hydrogen) atoms. The Labute approximate surface area is 115 Å². The van der Waals surface area contributed by atoms with Crippen LogP contribution < -0.4 is 15.8 Å². The zero-order chi connectivity index (χ0) is 14.4. The minimum atomic E-state index is 0.289. The highest BCUT2D eigenvalue weighted by molar-refractivity contribution is 5.66. The van der Waals surface area contributed by atoms with Gasteiger partial charge in [-0.2, -0.15) is 4.98 Å². The fraction of sp³-hybridized carbons (Fsp3) is 0.692. The topological polar surface area (TPSA) is 76.3 Å². The molecule has 0 bridgehead atoms. The third-order valence-electron chi connectivity index (χ3n) is 2.72. The molecule has 6 heteroatoms. The zero-order valence-electron chi connectivity index (χ0n) is 12.5. The van der Waals surface area contributed by atoms with Gasteiger partial charge in [0.1, 0.15) is 12.0 Å². The Morgan fingerprint density at radius 2 is 2.05 bits per heavy atom. The Kier molecular flexibility index (Phi) is 5.82. The summed E-state index contributed by atoms with van der Waals surface area (Å²) in [6, 6.07) is 0.289. The fourth-order valence-corrected chi connectivity index (χ4v) is 2.04. The third kappa shape index (κ3) is 4.90. The number of nitrogens with one attached hydrogen (secondary N) is 1. The summed E-state index contributed by atoms with van der Waals surface area (Å²) in [6.45, 7) is 5.33. The summed E-state index contributed by atoms with van der Waals surface area (Å²) in [6.07, 6.45) is 2.50. The van der Waals surface area contributed by atoms with Crippen molar-refractivity contribution in [1.29, 1.82) is 0 Å². The standard InChI is InChI=1S/C13H25N5O/c1-9(2)6-10(7-18(3)4)17-12-11(14)13(19-5)16-8-15-12/h8-10H,6-7,14H2,1-5H3,(H,15,16,17). The van der Waals surface area contributed by atoms with Gasteiger partial charge in [0.25, 0.3) is 0 Å². The van der Waals surface area contributed by atoms with Crippen LogP contribution in [-0.4, -0.2) is 48.7 Å². The van der Waals surface area contributed by atoms with Crippen molar-refractivity contribution in [2.45, 2.75) is 26.3 Å². The number of hydrogen-bond donors (Lipinski definition) is 2. The van der Waals surface area contributed by atoms with Crippen molar-refractivity contribution in [1.82, 2.24) is 14.9 Å². The van der Waals surface area contributed by atoms with Crippen LogP contribution in [0.2, 0.25) is 0 Å². The van der Waals surface area contributed by atoms with Crippen LogP contribution in [0.1, 0.15) is 20.3 Å². The summed E-state index contributed by atoms with van der Waals surface area (Å²) in [4.78, 5) is 10.3. The number of ether oxygens (including phenoxy) is 1. The maximum absolute atomic E-state index is 5.98. The molecule has 0 amide bonds. The minimum Gasteiger partial charge on any atom is -0.479 e. The molecule has 0 fully saturated rings. The van der Waals surface area contributed by atoms with E-state index in [0.29, 0.717) is 23.3 Å². The zero-order valence-corrected chi connectivity index (χ0v) is 12.5. The van der Waals surface area contributed by atoms with Gasteiger partial charge in [-0.25, -0.2) is 4.98 Å². The molecule has 6 nitrogen and oxygen atoms in total. The van der Waals surface area contributed by atoms with Crippen LogP contribution in [0.5, 0.6) is 5.88 Å². The lowest BCUT2D eigenvalue weighted by Gasteiger charge is -2.25. The maximum atomic E-state index is 5.98. The van der Waals surface area contributed by atoms with Gasteiger partial charge in [0.2, 0.25) is 5.88 Å². The molecule has 0 aromatic carbocycles. The van der Waals surface area contributed by atoms with Crippen molar-refractivity contribution in [3.8, 4) is 5.88 Å². The molecule has 1 atom stereocenters. The first-order chi connectivity index (χ1) is 8.93. The van der Waals surface area contributed by atoms with Crippen LogP contribution in [0, 0.1) is 5.92 Å². The van der Waals surface area contributed by atoms with E-state index in [-0.39, 0.29) is 6.04 Å². The highest BCUT2D eigenvalue weighted by Crippen LogP contribution is 2.25.